The van der Waals surface area contributed by atoms with Crippen molar-refractivity contribution in [1.29, 1.82) is 0 Å². The molecule has 0 aromatic rings. The lowest BCUT2D eigenvalue weighted by molar-refractivity contribution is -0.130. The number of hydrogen-bond donors (Lipinski definition) is 1. The van der Waals surface area contributed by atoms with E-state index in [1.54, 1.807) is 0 Å². The van der Waals surface area contributed by atoms with Gasteiger partial charge >= 0.3 is 0 Å². The lowest BCUT2D eigenvalue weighted by Gasteiger charge is -2.14. The summed E-state index contributed by atoms with van der Waals surface area (Å²) < 4.78 is 0. The average Bonchev–Trinajstić information content (AvgIpc) is 2.10. The van der Waals surface area contributed by atoms with Gasteiger partial charge < -0.3 is 5.73 Å². The Bertz CT molecular complexity index is 185. The summed E-state index contributed by atoms with van der Waals surface area (Å²) in [4.78, 5) is 11.0. The number of carbonyl (C=O) groups excluding carboxylic acids is 1. The maximum Gasteiger partial charge on any atom is 0.250 e. The first-order valence-corrected chi connectivity index (χ1v) is 3.26. The van der Waals surface area contributed by atoms with Gasteiger partial charge in [0.2, 0.25) is 0 Å². The Balaban J connectivity index is 2.69. The molecule has 0 aromatic heterocycles. The van der Waals surface area contributed by atoms with E-state index in [9.17, 15) is 4.79 Å². The van der Waals surface area contributed by atoms with Gasteiger partial charge in [-0.3, -0.25) is 4.79 Å². The molecule has 0 fully saturated rings. The Labute approximate surface area is 59.7 Å². The van der Waals surface area contributed by atoms with Crippen LogP contribution in [0.25, 0.3) is 0 Å². The number of amidine groups is 1. The third kappa shape index (κ3) is 1.10. The quantitative estimate of drug-likeness (QED) is 0.554. The average molecular weight is 141 g/mol. The fourth-order valence-corrected chi connectivity index (χ4v) is 0.869. The molecule has 10 heavy (non-hydrogen) atoms. The molecule has 4 heteroatoms. The molecule has 1 amide bonds. The molecule has 0 saturated carbocycles. The van der Waals surface area contributed by atoms with Gasteiger partial charge in [-0.2, -0.15) is 5.10 Å². The van der Waals surface area contributed by atoms with E-state index in [2.05, 4.69) is 5.10 Å². The molecule has 0 spiro atoms. The van der Waals surface area contributed by atoms with E-state index in [1.165, 1.54) is 5.01 Å². The van der Waals surface area contributed by atoms with Crippen LogP contribution in [0.1, 0.15) is 20.3 Å². The minimum absolute atomic E-state index is 0.00694. The molecule has 0 aromatic carbocycles. The topological polar surface area (TPSA) is 58.7 Å². The zero-order valence-corrected chi connectivity index (χ0v) is 6.16. The highest BCUT2D eigenvalue weighted by molar-refractivity contribution is 6.03. The number of hydrogen-bond acceptors (Lipinski definition) is 3. The molecule has 4 nitrogen and oxygen atoms in total. The summed E-state index contributed by atoms with van der Waals surface area (Å²) in [5, 5.41) is 5.26. The zero-order chi connectivity index (χ0) is 7.72. The Morgan fingerprint density at radius 2 is 2.30 bits per heavy atom. The van der Waals surface area contributed by atoms with E-state index in [0.29, 0.717) is 5.84 Å². The first-order chi connectivity index (χ1) is 4.61. The second-order valence-electron chi connectivity index (χ2n) is 2.60. The minimum Gasteiger partial charge on any atom is -0.385 e. The van der Waals surface area contributed by atoms with Crippen LogP contribution in [-0.2, 0) is 4.79 Å². The van der Waals surface area contributed by atoms with E-state index < -0.39 is 0 Å². The van der Waals surface area contributed by atoms with Gasteiger partial charge in [-0.15, -0.1) is 0 Å². The smallest absolute Gasteiger partial charge is 0.250 e. The van der Waals surface area contributed by atoms with Crippen molar-refractivity contribution in [1.82, 2.24) is 5.01 Å². The lowest BCUT2D eigenvalue weighted by Crippen LogP contribution is -2.27. The van der Waals surface area contributed by atoms with Crippen molar-refractivity contribution >= 4 is 11.7 Å². The largest absolute Gasteiger partial charge is 0.385 e. The fraction of sp³-hybridized carbons (Fsp3) is 0.667. The third-order valence-corrected chi connectivity index (χ3v) is 1.31. The monoisotopic (exact) mass is 141 g/mol. The molecule has 0 atom stereocenters. The first kappa shape index (κ1) is 7.05. The van der Waals surface area contributed by atoms with Crippen molar-refractivity contribution in [2.24, 2.45) is 10.8 Å². The summed E-state index contributed by atoms with van der Waals surface area (Å²) in [6.07, 6.45) is 0.276. The van der Waals surface area contributed by atoms with Crippen LogP contribution in [0.4, 0.5) is 0 Å². The van der Waals surface area contributed by atoms with E-state index in [4.69, 9.17) is 5.73 Å². The van der Waals surface area contributed by atoms with Crippen molar-refractivity contribution in [2.45, 2.75) is 26.3 Å². The molecule has 0 aliphatic carbocycles. The first-order valence-electron chi connectivity index (χ1n) is 3.26. The summed E-state index contributed by atoms with van der Waals surface area (Å²) in [6, 6.07) is 0.119. The normalized spacial score (nSPS) is 18.5. The fourth-order valence-electron chi connectivity index (χ4n) is 0.869. The minimum atomic E-state index is -0.00694. The Kier molecular flexibility index (Phi) is 1.61. The van der Waals surface area contributed by atoms with Crippen LogP contribution in [0.2, 0.25) is 0 Å². The highest BCUT2D eigenvalue weighted by Gasteiger charge is 2.23. The standard InChI is InChI=1S/C6H11N3O/c1-4(2)9-6(10)3-5(7)8-9/h4H,3H2,1-2H3,(H2,7,8). The van der Waals surface area contributed by atoms with Crippen LogP contribution >= 0.6 is 0 Å². The van der Waals surface area contributed by atoms with Crippen molar-refractivity contribution in [3.63, 3.8) is 0 Å². The summed E-state index contributed by atoms with van der Waals surface area (Å²) in [5.41, 5.74) is 5.34. The number of nitrogens with zero attached hydrogens (tertiary/aromatic N) is 2. The molecule has 2 N–H and O–H groups in total. The number of hydrazone groups is 1. The van der Waals surface area contributed by atoms with Gasteiger partial charge in [0.1, 0.15) is 5.84 Å². The summed E-state index contributed by atoms with van der Waals surface area (Å²) >= 11 is 0. The zero-order valence-electron chi connectivity index (χ0n) is 6.16. The van der Waals surface area contributed by atoms with Crippen LogP contribution < -0.4 is 5.73 Å². The molecule has 56 valence electrons. The molecular formula is C6H11N3O. The molecule has 0 unspecified atom stereocenters. The molecule has 0 radical (unpaired) electrons. The van der Waals surface area contributed by atoms with Gasteiger partial charge in [-0.25, -0.2) is 5.01 Å². The second-order valence-corrected chi connectivity index (χ2v) is 2.60. The van der Waals surface area contributed by atoms with Crippen LogP contribution in [0, 0.1) is 0 Å². The molecule has 1 heterocycles. The van der Waals surface area contributed by atoms with Gasteiger partial charge in [0.15, 0.2) is 0 Å². The van der Waals surface area contributed by atoms with Crippen molar-refractivity contribution in [3.8, 4) is 0 Å². The van der Waals surface area contributed by atoms with Crippen LogP contribution in [-0.4, -0.2) is 22.8 Å². The number of nitrogens with two attached hydrogens (primary N) is 1. The summed E-state index contributed by atoms with van der Waals surface area (Å²) in [5.74, 6) is 0.409. The van der Waals surface area contributed by atoms with Crippen molar-refractivity contribution in [3.05, 3.63) is 0 Å². The number of amides is 1. The number of carbonyl (C=O) groups is 1. The van der Waals surface area contributed by atoms with Crippen LogP contribution in [0.5, 0.6) is 0 Å². The van der Waals surface area contributed by atoms with Gasteiger partial charge in [0.05, 0.1) is 12.5 Å². The van der Waals surface area contributed by atoms with Gasteiger partial charge in [0, 0.05) is 0 Å². The molecule has 0 saturated heterocycles. The van der Waals surface area contributed by atoms with E-state index in [1.807, 2.05) is 13.8 Å². The van der Waals surface area contributed by atoms with Gasteiger partial charge in [-0.05, 0) is 13.8 Å². The van der Waals surface area contributed by atoms with Gasteiger partial charge in [0.25, 0.3) is 5.91 Å². The summed E-state index contributed by atoms with van der Waals surface area (Å²) in [7, 11) is 0. The van der Waals surface area contributed by atoms with E-state index in [0.717, 1.165) is 0 Å². The van der Waals surface area contributed by atoms with E-state index >= 15 is 0 Å². The van der Waals surface area contributed by atoms with Crippen LogP contribution in [0.15, 0.2) is 5.10 Å². The predicted octanol–water partition coefficient (Wildman–Crippen LogP) is -0.101. The molecule has 1 aliphatic heterocycles. The lowest BCUT2D eigenvalue weighted by atomic mass is 10.3. The maximum absolute atomic E-state index is 11.0. The highest BCUT2D eigenvalue weighted by atomic mass is 16.2. The molecule has 0 bridgehead atoms. The van der Waals surface area contributed by atoms with Gasteiger partial charge in [-0.1, -0.05) is 0 Å². The maximum atomic E-state index is 11.0. The SMILES string of the molecule is CC(C)N1N=C(N)CC1=O. The molecule has 1 rings (SSSR count). The second kappa shape index (κ2) is 2.28. The Morgan fingerprint density at radius 3 is 2.50 bits per heavy atom. The number of rotatable bonds is 1. The predicted molar refractivity (Wildman–Crippen MR) is 38.2 cm³/mol. The Morgan fingerprint density at radius 1 is 1.70 bits per heavy atom. The highest BCUT2D eigenvalue weighted by Crippen LogP contribution is 2.08. The van der Waals surface area contributed by atoms with E-state index in [-0.39, 0.29) is 18.4 Å². The molecule has 1 aliphatic rings. The Hall–Kier alpha value is -1.06. The summed E-state index contributed by atoms with van der Waals surface area (Å²) in [6.45, 7) is 3.81. The third-order valence-electron chi connectivity index (χ3n) is 1.31. The van der Waals surface area contributed by atoms with Crippen LogP contribution in [0.3, 0.4) is 0 Å². The van der Waals surface area contributed by atoms with Crippen molar-refractivity contribution < 1.29 is 4.79 Å². The molecular weight excluding hydrogens is 130 g/mol. The van der Waals surface area contributed by atoms with Crippen molar-refractivity contribution in [2.75, 3.05) is 0 Å².